The van der Waals surface area contributed by atoms with E-state index in [1.165, 1.54) is 19.4 Å². The summed E-state index contributed by atoms with van der Waals surface area (Å²) < 4.78 is 5.25. The number of carbonyl (C=O) groups excluding carboxylic acids is 1. The molecule has 20 heavy (non-hydrogen) atoms. The molecule has 2 aliphatic heterocycles. The Bertz CT molecular complexity index is 337. The second kappa shape index (κ2) is 6.87. The first kappa shape index (κ1) is 15.7. The van der Waals surface area contributed by atoms with Gasteiger partial charge < -0.3 is 10.1 Å². The Morgan fingerprint density at radius 3 is 2.85 bits per heavy atom. The third kappa shape index (κ3) is 3.51. The zero-order chi connectivity index (χ0) is 14.6. The number of hydrogen-bond donors (Lipinski definition) is 1. The lowest BCUT2D eigenvalue weighted by Gasteiger charge is -2.41. The van der Waals surface area contributed by atoms with Crippen molar-refractivity contribution < 1.29 is 9.53 Å². The van der Waals surface area contributed by atoms with Gasteiger partial charge in [-0.1, -0.05) is 6.92 Å². The highest BCUT2D eigenvalue weighted by Gasteiger charge is 2.38. The largest absolute Gasteiger partial charge is 0.465 e. The van der Waals surface area contributed by atoms with Gasteiger partial charge in [-0.2, -0.15) is 0 Å². The van der Waals surface area contributed by atoms with E-state index < -0.39 is 5.54 Å². The second-order valence-electron chi connectivity index (χ2n) is 6.15. The Kier molecular flexibility index (Phi) is 5.41. The normalized spacial score (nSPS) is 27.1. The van der Waals surface area contributed by atoms with Crippen LogP contribution in [0.4, 0.5) is 0 Å². The van der Waals surface area contributed by atoms with E-state index in [0.29, 0.717) is 12.6 Å². The molecule has 0 amide bonds. The maximum absolute atomic E-state index is 12.2. The van der Waals surface area contributed by atoms with E-state index in [-0.39, 0.29) is 5.97 Å². The van der Waals surface area contributed by atoms with Crippen molar-refractivity contribution in [2.75, 3.05) is 45.9 Å². The van der Waals surface area contributed by atoms with E-state index in [2.05, 4.69) is 15.1 Å². The predicted molar refractivity (Wildman–Crippen MR) is 79.7 cm³/mol. The predicted octanol–water partition coefficient (Wildman–Crippen LogP) is 0.698. The van der Waals surface area contributed by atoms with Gasteiger partial charge in [0.25, 0.3) is 0 Å². The van der Waals surface area contributed by atoms with Crippen molar-refractivity contribution in [1.29, 1.82) is 0 Å². The molecule has 2 aliphatic rings. The number of likely N-dealkylation sites (N-methyl/N-ethyl adjacent to an activating group) is 1. The van der Waals surface area contributed by atoms with Gasteiger partial charge in [-0.25, -0.2) is 0 Å². The number of nitrogens with zero attached hydrogens (tertiary/aromatic N) is 2. The van der Waals surface area contributed by atoms with E-state index in [4.69, 9.17) is 4.74 Å². The number of fused-ring (bicyclic) bond motifs is 1. The monoisotopic (exact) mass is 283 g/mol. The standard InChI is InChI=1S/C15H29N3O2/c1-4-16-15(3,14(19)20-5-2)12-17-9-10-18-8-6-7-13(18)11-17/h13,16H,4-12H2,1-3H3. The fourth-order valence-electron chi connectivity index (χ4n) is 3.52. The lowest BCUT2D eigenvalue weighted by atomic mass is 10.00. The van der Waals surface area contributed by atoms with Crippen LogP contribution in [0.1, 0.15) is 33.6 Å². The summed E-state index contributed by atoms with van der Waals surface area (Å²) in [5.74, 6) is -0.129. The van der Waals surface area contributed by atoms with E-state index in [9.17, 15) is 4.79 Å². The summed E-state index contributed by atoms with van der Waals surface area (Å²) in [6.45, 7) is 12.3. The fourth-order valence-corrected chi connectivity index (χ4v) is 3.52. The molecule has 0 aromatic rings. The van der Waals surface area contributed by atoms with Crippen LogP contribution in [0.5, 0.6) is 0 Å². The van der Waals surface area contributed by atoms with Gasteiger partial charge in [0.2, 0.25) is 0 Å². The highest BCUT2D eigenvalue weighted by Crippen LogP contribution is 2.22. The summed E-state index contributed by atoms with van der Waals surface area (Å²) in [5, 5.41) is 3.32. The van der Waals surface area contributed by atoms with Crippen molar-refractivity contribution in [3.05, 3.63) is 0 Å². The Labute approximate surface area is 122 Å². The van der Waals surface area contributed by atoms with Crippen molar-refractivity contribution in [2.45, 2.75) is 45.2 Å². The average Bonchev–Trinajstić information content (AvgIpc) is 2.86. The average molecular weight is 283 g/mol. The van der Waals surface area contributed by atoms with E-state index in [1.807, 2.05) is 20.8 Å². The third-order valence-electron chi connectivity index (χ3n) is 4.50. The van der Waals surface area contributed by atoms with Crippen molar-refractivity contribution in [1.82, 2.24) is 15.1 Å². The number of carbonyl (C=O) groups is 1. The first-order valence-corrected chi connectivity index (χ1v) is 7.97. The smallest absolute Gasteiger partial charge is 0.327 e. The molecule has 0 aromatic carbocycles. The SMILES string of the molecule is CCNC(C)(CN1CCN2CCCC2C1)C(=O)OCC. The number of piperazine rings is 1. The molecule has 0 aromatic heterocycles. The molecule has 0 saturated carbocycles. The van der Waals surface area contributed by atoms with E-state index in [0.717, 1.165) is 32.7 Å². The molecule has 5 nitrogen and oxygen atoms in total. The molecule has 0 spiro atoms. The van der Waals surface area contributed by atoms with Gasteiger partial charge in [0.15, 0.2) is 0 Å². The molecule has 2 fully saturated rings. The van der Waals surface area contributed by atoms with Crippen LogP contribution in [0, 0.1) is 0 Å². The third-order valence-corrected chi connectivity index (χ3v) is 4.50. The summed E-state index contributed by atoms with van der Waals surface area (Å²) in [7, 11) is 0. The maximum atomic E-state index is 12.2. The Balaban J connectivity index is 1.95. The summed E-state index contributed by atoms with van der Waals surface area (Å²) in [6.07, 6.45) is 2.62. The first-order chi connectivity index (χ1) is 9.59. The lowest BCUT2D eigenvalue weighted by molar-refractivity contribution is -0.151. The molecule has 5 heteroatoms. The molecule has 1 N–H and O–H groups in total. The quantitative estimate of drug-likeness (QED) is 0.727. The van der Waals surface area contributed by atoms with Gasteiger partial charge in [-0.15, -0.1) is 0 Å². The number of esters is 1. The summed E-state index contributed by atoms with van der Waals surface area (Å²) >= 11 is 0. The minimum Gasteiger partial charge on any atom is -0.465 e. The Hall–Kier alpha value is -0.650. The van der Waals surface area contributed by atoms with Crippen molar-refractivity contribution in [2.24, 2.45) is 0 Å². The van der Waals surface area contributed by atoms with Gasteiger partial charge in [0, 0.05) is 32.2 Å². The molecule has 2 atom stereocenters. The Morgan fingerprint density at radius 2 is 2.15 bits per heavy atom. The van der Waals surface area contributed by atoms with Crippen LogP contribution in [-0.2, 0) is 9.53 Å². The molecule has 2 rings (SSSR count). The minimum atomic E-state index is -0.592. The number of hydrogen-bond acceptors (Lipinski definition) is 5. The van der Waals surface area contributed by atoms with Gasteiger partial charge in [-0.05, 0) is 39.8 Å². The van der Waals surface area contributed by atoms with Gasteiger partial charge >= 0.3 is 5.97 Å². The van der Waals surface area contributed by atoms with Crippen LogP contribution >= 0.6 is 0 Å². The molecule has 0 radical (unpaired) electrons. The zero-order valence-electron chi connectivity index (χ0n) is 13.2. The zero-order valence-corrected chi connectivity index (χ0v) is 13.2. The van der Waals surface area contributed by atoms with Crippen LogP contribution in [0.3, 0.4) is 0 Å². The molecule has 116 valence electrons. The minimum absolute atomic E-state index is 0.129. The molecule has 0 bridgehead atoms. The number of ether oxygens (including phenoxy) is 1. The molecule has 2 heterocycles. The molecular formula is C15H29N3O2. The van der Waals surface area contributed by atoms with Crippen LogP contribution in [0.15, 0.2) is 0 Å². The molecular weight excluding hydrogens is 254 g/mol. The van der Waals surface area contributed by atoms with Crippen molar-refractivity contribution in [3.8, 4) is 0 Å². The molecule has 0 aliphatic carbocycles. The van der Waals surface area contributed by atoms with Crippen molar-refractivity contribution in [3.63, 3.8) is 0 Å². The van der Waals surface area contributed by atoms with Crippen LogP contribution in [0.2, 0.25) is 0 Å². The Morgan fingerprint density at radius 1 is 1.35 bits per heavy atom. The second-order valence-corrected chi connectivity index (χ2v) is 6.15. The van der Waals surface area contributed by atoms with Crippen LogP contribution in [-0.4, -0.2) is 73.2 Å². The summed E-state index contributed by atoms with van der Waals surface area (Å²) in [4.78, 5) is 17.2. The fraction of sp³-hybridized carbons (Fsp3) is 0.933. The summed E-state index contributed by atoms with van der Waals surface area (Å²) in [5.41, 5.74) is -0.592. The number of nitrogens with one attached hydrogen (secondary N) is 1. The van der Waals surface area contributed by atoms with Crippen LogP contribution in [0.25, 0.3) is 0 Å². The highest BCUT2D eigenvalue weighted by atomic mass is 16.5. The topological polar surface area (TPSA) is 44.8 Å². The summed E-state index contributed by atoms with van der Waals surface area (Å²) in [6, 6.07) is 0.692. The highest BCUT2D eigenvalue weighted by molar-refractivity contribution is 5.80. The number of rotatable bonds is 6. The van der Waals surface area contributed by atoms with Crippen molar-refractivity contribution >= 4 is 5.97 Å². The lowest BCUT2D eigenvalue weighted by Crippen LogP contribution is -2.61. The first-order valence-electron chi connectivity index (χ1n) is 7.97. The van der Waals surface area contributed by atoms with Gasteiger partial charge in [-0.3, -0.25) is 14.6 Å². The van der Waals surface area contributed by atoms with E-state index >= 15 is 0 Å². The van der Waals surface area contributed by atoms with Gasteiger partial charge in [0.05, 0.1) is 6.61 Å². The maximum Gasteiger partial charge on any atom is 0.327 e. The van der Waals surface area contributed by atoms with E-state index in [1.54, 1.807) is 0 Å². The molecule has 2 saturated heterocycles. The van der Waals surface area contributed by atoms with Crippen LogP contribution < -0.4 is 5.32 Å². The molecule has 2 unspecified atom stereocenters. The van der Waals surface area contributed by atoms with Gasteiger partial charge in [0.1, 0.15) is 5.54 Å².